The first-order valence-corrected chi connectivity index (χ1v) is 7.47. The molecule has 1 aliphatic heterocycles. The fourth-order valence-electron chi connectivity index (χ4n) is 1.99. The molecule has 0 fully saturated rings. The van der Waals surface area contributed by atoms with Crippen LogP contribution in [0.2, 0.25) is 0 Å². The topological polar surface area (TPSA) is 47.3 Å². The van der Waals surface area contributed by atoms with Gasteiger partial charge in [-0.1, -0.05) is 13.2 Å². The molecule has 1 amide bonds. The molecular weight excluding hydrogens is 282 g/mol. The summed E-state index contributed by atoms with van der Waals surface area (Å²) in [5.41, 5.74) is 2.35. The van der Waals surface area contributed by atoms with Crippen molar-refractivity contribution in [1.82, 2.24) is 9.80 Å². The molecule has 1 aliphatic rings. The molecular formula is C16H21N3OS. The average molecular weight is 303 g/mol. The molecule has 0 saturated carbocycles. The Hall–Kier alpha value is -2.06. The fourth-order valence-corrected chi connectivity index (χ4v) is 3.15. The van der Waals surface area contributed by atoms with Crippen molar-refractivity contribution in [1.29, 1.82) is 5.26 Å². The van der Waals surface area contributed by atoms with Gasteiger partial charge in [0.1, 0.15) is 10.9 Å². The maximum atomic E-state index is 11.5. The largest absolute Gasteiger partial charge is 0.384 e. The Bertz CT molecular complexity index is 581. The first-order valence-electron chi connectivity index (χ1n) is 6.66. The van der Waals surface area contributed by atoms with Gasteiger partial charge >= 0.3 is 0 Å². The minimum absolute atomic E-state index is 0.0322. The van der Waals surface area contributed by atoms with E-state index in [0.717, 1.165) is 28.3 Å². The van der Waals surface area contributed by atoms with E-state index in [1.165, 1.54) is 23.0 Å². The summed E-state index contributed by atoms with van der Waals surface area (Å²) in [6, 6.07) is 2.21. The van der Waals surface area contributed by atoms with Gasteiger partial charge in [-0.05, 0) is 36.7 Å². The summed E-state index contributed by atoms with van der Waals surface area (Å²) >= 11 is 1.50. The van der Waals surface area contributed by atoms with Gasteiger partial charge in [0, 0.05) is 25.5 Å². The Morgan fingerprint density at radius 2 is 2.10 bits per heavy atom. The van der Waals surface area contributed by atoms with E-state index in [4.69, 9.17) is 5.26 Å². The van der Waals surface area contributed by atoms with Gasteiger partial charge in [-0.15, -0.1) is 11.3 Å². The zero-order valence-corrected chi connectivity index (χ0v) is 13.7. The van der Waals surface area contributed by atoms with Gasteiger partial charge < -0.3 is 9.80 Å². The molecule has 0 unspecified atom stereocenters. The van der Waals surface area contributed by atoms with Crippen LogP contribution in [0.15, 0.2) is 25.4 Å². The number of thiophene rings is 1. The summed E-state index contributed by atoms with van der Waals surface area (Å²) in [7, 11) is 3.88. The minimum Gasteiger partial charge on any atom is -0.384 e. The normalized spacial score (nSPS) is 12.4. The molecule has 1 aromatic rings. The van der Waals surface area contributed by atoms with E-state index in [-0.39, 0.29) is 5.91 Å². The van der Waals surface area contributed by atoms with Gasteiger partial charge in [0.25, 0.3) is 0 Å². The SMILES string of the molecule is C=CC(=O)N1CCc2c(sc(C#N)c2C)C1.C=CN(C)C. The molecule has 0 saturated heterocycles. The van der Waals surface area contributed by atoms with Crippen molar-refractivity contribution in [3.8, 4) is 6.07 Å². The number of carbonyl (C=O) groups is 1. The summed E-state index contributed by atoms with van der Waals surface area (Å²) in [5, 5.41) is 8.95. The van der Waals surface area contributed by atoms with Gasteiger partial charge in [-0.25, -0.2) is 0 Å². The predicted octanol–water partition coefficient (Wildman–Crippen LogP) is 2.69. The van der Waals surface area contributed by atoms with Crippen molar-refractivity contribution in [2.75, 3.05) is 20.6 Å². The van der Waals surface area contributed by atoms with Crippen LogP contribution in [0.3, 0.4) is 0 Å². The molecule has 0 radical (unpaired) electrons. The Labute approximate surface area is 130 Å². The smallest absolute Gasteiger partial charge is 0.246 e. The number of hydrogen-bond donors (Lipinski definition) is 0. The second kappa shape index (κ2) is 7.65. The highest BCUT2D eigenvalue weighted by Crippen LogP contribution is 2.32. The molecule has 112 valence electrons. The van der Waals surface area contributed by atoms with Crippen molar-refractivity contribution < 1.29 is 4.79 Å². The van der Waals surface area contributed by atoms with E-state index in [1.54, 1.807) is 11.1 Å². The molecule has 0 atom stereocenters. The van der Waals surface area contributed by atoms with Gasteiger partial charge in [-0.2, -0.15) is 5.26 Å². The number of fused-ring (bicyclic) bond motifs is 1. The van der Waals surface area contributed by atoms with Crippen LogP contribution >= 0.6 is 11.3 Å². The number of nitrogens with zero attached hydrogens (tertiary/aromatic N) is 3. The maximum Gasteiger partial charge on any atom is 0.246 e. The Kier molecular flexibility index (Phi) is 6.19. The highest BCUT2D eigenvalue weighted by Gasteiger charge is 2.23. The van der Waals surface area contributed by atoms with Gasteiger partial charge in [-0.3, -0.25) is 4.79 Å². The lowest BCUT2D eigenvalue weighted by atomic mass is 10.0. The third kappa shape index (κ3) is 4.20. The molecule has 0 spiro atoms. The zero-order chi connectivity index (χ0) is 16.0. The third-order valence-electron chi connectivity index (χ3n) is 3.27. The molecule has 2 heterocycles. The van der Waals surface area contributed by atoms with Crippen LogP contribution in [0.1, 0.15) is 20.9 Å². The number of carbonyl (C=O) groups excluding carboxylic acids is 1. The second-order valence-electron chi connectivity index (χ2n) is 4.93. The van der Waals surface area contributed by atoms with Gasteiger partial charge in [0.05, 0.1) is 6.54 Å². The summed E-state index contributed by atoms with van der Waals surface area (Å²) in [4.78, 5) is 17.1. The van der Waals surface area contributed by atoms with Crippen molar-refractivity contribution in [2.45, 2.75) is 19.9 Å². The minimum atomic E-state index is -0.0322. The van der Waals surface area contributed by atoms with Crippen LogP contribution in [0.5, 0.6) is 0 Å². The lowest BCUT2D eigenvalue weighted by Crippen LogP contribution is -2.34. The van der Waals surface area contributed by atoms with E-state index in [9.17, 15) is 4.79 Å². The molecule has 21 heavy (non-hydrogen) atoms. The van der Waals surface area contributed by atoms with Crippen LogP contribution in [-0.4, -0.2) is 36.3 Å². The Balaban J connectivity index is 0.000000383. The third-order valence-corrected chi connectivity index (χ3v) is 4.50. The maximum absolute atomic E-state index is 11.5. The van der Waals surface area contributed by atoms with Crippen LogP contribution in [0, 0.1) is 18.3 Å². The van der Waals surface area contributed by atoms with E-state index >= 15 is 0 Å². The monoisotopic (exact) mass is 303 g/mol. The van der Waals surface area contributed by atoms with Crippen molar-refractivity contribution in [3.05, 3.63) is 46.3 Å². The quantitative estimate of drug-likeness (QED) is 0.789. The van der Waals surface area contributed by atoms with E-state index < -0.39 is 0 Å². The number of amides is 1. The molecule has 0 N–H and O–H groups in total. The first-order chi connectivity index (χ1) is 9.94. The summed E-state index contributed by atoms with van der Waals surface area (Å²) in [5.74, 6) is -0.0322. The van der Waals surface area contributed by atoms with E-state index in [1.807, 2.05) is 25.9 Å². The molecule has 5 heteroatoms. The highest BCUT2D eigenvalue weighted by molar-refractivity contribution is 7.12. The highest BCUT2D eigenvalue weighted by atomic mass is 32.1. The van der Waals surface area contributed by atoms with Crippen LogP contribution in [0.4, 0.5) is 0 Å². The van der Waals surface area contributed by atoms with Crippen molar-refractivity contribution >= 4 is 17.2 Å². The molecule has 1 aromatic heterocycles. The molecule has 4 nitrogen and oxygen atoms in total. The summed E-state index contributed by atoms with van der Waals surface area (Å²) in [6.07, 6.45) is 3.94. The predicted molar refractivity (Wildman–Crippen MR) is 87.0 cm³/mol. The van der Waals surface area contributed by atoms with Crippen LogP contribution in [0.25, 0.3) is 0 Å². The molecule has 0 bridgehead atoms. The number of hydrogen-bond acceptors (Lipinski definition) is 4. The number of rotatable bonds is 2. The second-order valence-corrected chi connectivity index (χ2v) is 6.03. The average Bonchev–Trinajstić information content (AvgIpc) is 2.82. The molecule has 0 aliphatic carbocycles. The van der Waals surface area contributed by atoms with Crippen molar-refractivity contribution in [2.24, 2.45) is 0 Å². The van der Waals surface area contributed by atoms with Crippen LogP contribution in [-0.2, 0) is 17.8 Å². The Morgan fingerprint density at radius 1 is 1.48 bits per heavy atom. The lowest BCUT2D eigenvalue weighted by Gasteiger charge is -2.26. The van der Waals surface area contributed by atoms with Gasteiger partial charge in [0.15, 0.2) is 0 Å². The van der Waals surface area contributed by atoms with E-state index in [2.05, 4.69) is 19.2 Å². The molecule has 2 rings (SSSR count). The van der Waals surface area contributed by atoms with Gasteiger partial charge in [0.2, 0.25) is 5.91 Å². The van der Waals surface area contributed by atoms with E-state index in [0.29, 0.717) is 6.54 Å². The summed E-state index contributed by atoms with van der Waals surface area (Å²) < 4.78 is 0. The zero-order valence-electron chi connectivity index (χ0n) is 12.8. The lowest BCUT2D eigenvalue weighted by molar-refractivity contribution is -0.126. The summed E-state index contributed by atoms with van der Waals surface area (Å²) in [6.45, 7) is 10.3. The Morgan fingerprint density at radius 3 is 2.57 bits per heavy atom. The van der Waals surface area contributed by atoms with Crippen LogP contribution < -0.4 is 0 Å². The molecule has 0 aromatic carbocycles. The fraction of sp³-hybridized carbons (Fsp3) is 0.375. The standard InChI is InChI=1S/C12H12N2OS.C4H9N/c1-3-12(15)14-5-4-9-8(2)10(6-13)16-11(9)7-14;1-4-5(2)3/h3H,1,4-5,7H2,2H3;4H,1H2,2-3H3. The van der Waals surface area contributed by atoms with Crippen molar-refractivity contribution in [3.63, 3.8) is 0 Å². The first kappa shape index (κ1) is 17.0. The number of nitriles is 1.